The van der Waals surface area contributed by atoms with Crippen molar-refractivity contribution < 1.29 is 9.53 Å². The molecule has 2 rings (SSSR count). The zero-order valence-corrected chi connectivity index (χ0v) is 20.6. The number of carbonyl (C=O) groups is 1. The van der Waals surface area contributed by atoms with Crippen molar-refractivity contribution in [2.45, 2.75) is 77.5 Å². The van der Waals surface area contributed by atoms with Crippen LogP contribution in [-0.4, -0.2) is 79.3 Å². The van der Waals surface area contributed by atoms with Gasteiger partial charge in [-0.3, -0.25) is 4.99 Å². The first-order valence-corrected chi connectivity index (χ1v) is 10.5. The minimum atomic E-state index is -0.456. The lowest BCUT2D eigenvalue weighted by Gasteiger charge is -2.33. The van der Waals surface area contributed by atoms with E-state index in [9.17, 15) is 4.79 Å². The van der Waals surface area contributed by atoms with Gasteiger partial charge in [-0.25, -0.2) is 4.79 Å². The quantitative estimate of drug-likeness (QED) is 0.314. The Balaban J connectivity index is 0.00000392. The lowest BCUT2D eigenvalue weighted by molar-refractivity contribution is 0.0237. The van der Waals surface area contributed by atoms with E-state index in [1.165, 1.54) is 13.0 Å². The molecular formula is C20H40IN5O2. The summed E-state index contributed by atoms with van der Waals surface area (Å²) in [7, 11) is 1.80. The summed E-state index contributed by atoms with van der Waals surface area (Å²) in [6.45, 7) is 12.8. The second-order valence-electron chi connectivity index (χ2n) is 8.66. The van der Waals surface area contributed by atoms with E-state index in [0.29, 0.717) is 25.2 Å². The van der Waals surface area contributed by atoms with Crippen LogP contribution in [-0.2, 0) is 4.74 Å². The first-order valence-electron chi connectivity index (χ1n) is 10.5. The van der Waals surface area contributed by atoms with Gasteiger partial charge in [-0.15, -0.1) is 24.0 Å². The van der Waals surface area contributed by atoms with Crippen LogP contribution in [0.15, 0.2) is 4.99 Å². The third kappa shape index (κ3) is 9.15. The monoisotopic (exact) mass is 509 g/mol. The van der Waals surface area contributed by atoms with Gasteiger partial charge >= 0.3 is 6.09 Å². The third-order valence-electron chi connectivity index (χ3n) is 4.95. The first kappa shape index (κ1) is 25.3. The molecule has 0 bridgehead atoms. The molecule has 1 aliphatic heterocycles. The summed E-state index contributed by atoms with van der Waals surface area (Å²) < 4.78 is 5.55. The number of amides is 1. The zero-order chi connectivity index (χ0) is 19.9. The third-order valence-corrected chi connectivity index (χ3v) is 4.95. The normalized spacial score (nSPS) is 19.0. The van der Waals surface area contributed by atoms with Crippen LogP contribution < -0.4 is 10.6 Å². The van der Waals surface area contributed by atoms with E-state index in [4.69, 9.17) is 4.74 Å². The molecule has 0 aromatic carbocycles. The number of piperidine rings is 1. The van der Waals surface area contributed by atoms with Crippen molar-refractivity contribution in [3.05, 3.63) is 0 Å². The number of nitrogens with zero attached hydrogens (tertiary/aromatic N) is 3. The molecule has 2 N–H and O–H groups in total. The van der Waals surface area contributed by atoms with Gasteiger partial charge in [0.1, 0.15) is 5.60 Å². The van der Waals surface area contributed by atoms with Gasteiger partial charge in [0.25, 0.3) is 0 Å². The number of rotatable bonds is 7. The fourth-order valence-electron chi connectivity index (χ4n) is 3.43. The van der Waals surface area contributed by atoms with Crippen molar-refractivity contribution in [3.63, 3.8) is 0 Å². The summed E-state index contributed by atoms with van der Waals surface area (Å²) >= 11 is 0. The van der Waals surface area contributed by atoms with Crippen molar-refractivity contribution in [3.8, 4) is 0 Å². The van der Waals surface area contributed by atoms with E-state index in [2.05, 4.69) is 27.4 Å². The topological polar surface area (TPSA) is 69.2 Å². The summed E-state index contributed by atoms with van der Waals surface area (Å²) in [6, 6.07) is 0.800. The van der Waals surface area contributed by atoms with E-state index in [0.717, 1.165) is 44.7 Å². The minimum absolute atomic E-state index is 0. The highest BCUT2D eigenvalue weighted by atomic mass is 127. The molecule has 164 valence electrons. The molecule has 0 radical (unpaired) electrons. The van der Waals surface area contributed by atoms with Crippen LogP contribution >= 0.6 is 24.0 Å². The van der Waals surface area contributed by atoms with E-state index >= 15 is 0 Å². The number of hydrogen-bond acceptors (Lipinski definition) is 4. The summed E-state index contributed by atoms with van der Waals surface area (Å²) in [5.74, 6) is 0.823. The van der Waals surface area contributed by atoms with Gasteiger partial charge in [0.05, 0.1) is 0 Å². The number of guanidine groups is 1. The van der Waals surface area contributed by atoms with Crippen LogP contribution in [0.5, 0.6) is 0 Å². The second kappa shape index (κ2) is 12.0. The van der Waals surface area contributed by atoms with Gasteiger partial charge in [-0.05, 0) is 59.4 Å². The van der Waals surface area contributed by atoms with Gasteiger partial charge in [-0.1, -0.05) is 6.92 Å². The summed E-state index contributed by atoms with van der Waals surface area (Å²) in [6.07, 6.45) is 5.44. The maximum Gasteiger partial charge on any atom is 0.410 e. The van der Waals surface area contributed by atoms with Crippen LogP contribution in [0, 0.1) is 0 Å². The molecule has 1 aliphatic carbocycles. The lowest BCUT2D eigenvalue weighted by Crippen LogP contribution is -2.50. The lowest BCUT2D eigenvalue weighted by atomic mass is 10.1. The Morgan fingerprint density at radius 3 is 2.36 bits per heavy atom. The number of nitrogens with one attached hydrogen (secondary N) is 2. The highest BCUT2D eigenvalue weighted by Crippen LogP contribution is 2.28. The standard InChI is InChI=1S/C20H39N5O2.HI/c1-6-12-24-13-9-16(10-14-24)23-18(21-5)22-11-15-25(17-7-8-17)19(26)27-20(2,3)4;/h16-17H,6-15H2,1-5H3,(H2,21,22,23);1H. The van der Waals surface area contributed by atoms with Crippen molar-refractivity contribution in [2.24, 2.45) is 4.99 Å². The molecule has 0 aromatic heterocycles. The second-order valence-corrected chi connectivity index (χ2v) is 8.66. The Morgan fingerprint density at radius 1 is 1.21 bits per heavy atom. The van der Waals surface area contributed by atoms with Crippen LogP contribution in [0.1, 0.15) is 59.8 Å². The maximum absolute atomic E-state index is 12.4. The molecule has 1 amide bonds. The maximum atomic E-state index is 12.4. The predicted octanol–water partition coefficient (Wildman–Crippen LogP) is 3.04. The first-order chi connectivity index (χ1) is 12.8. The molecule has 0 atom stereocenters. The molecule has 0 aromatic rings. The summed E-state index contributed by atoms with van der Waals surface area (Å²) in [5.41, 5.74) is -0.456. The summed E-state index contributed by atoms with van der Waals surface area (Å²) in [5, 5.41) is 6.89. The van der Waals surface area contributed by atoms with Gasteiger partial charge in [0.2, 0.25) is 0 Å². The molecule has 0 unspecified atom stereocenters. The Hall–Kier alpha value is -0.770. The molecule has 8 heteroatoms. The van der Waals surface area contributed by atoms with E-state index in [1.54, 1.807) is 7.05 Å². The number of ether oxygens (including phenoxy) is 1. The van der Waals surface area contributed by atoms with Gasteiger partial charge in [-0.2, -0.15) is 0 Å². The SMILES string of the molecule is CCCN1CCC(NC(=NC)NCCN(C(=O)OC(C)(C)C)C2CC2)CC1.I. The molecule has 0 spiro atoms. The molecule has 1 heterocycles. The highest BCUT2D eigenvalue weighted by molar-refractivity contribution is 14.0. The van der Waals surface area contributed by atoms with Gasteiger partial charge in [0, 0.05) is 45.3 Å². The van der Waals surface area contributed by atoms with Gasteiger partial charge < -0.3 is 25.2 Å². The Morgan fingerprint density at radius 2 is 1.86 bits per heavy atom. The molecule has 2 aliphatic rings. The number of likely N-dealkylation sites (tertiary alicyclic amines) is 1. The largest absolute Gasteiger partial charge is 0.444 e. The van der Waals surface area contributed by atoms with E-state index < -0.39 is 5.60 Å². The fourth-order valence-corrected chi connectivity index (χ4v) is 3.43. The average Bonchev–Trinajstić information content (AvgIpc) is 3.42. The number of hydrogen-bond donors (Lipinski definition) is 2. The van der Waals surface area contributed by atoms with Crippen molar-refractivity contribution in [1.29, 1.82) is 0 Å². The molecule has 1 saturated carbocycles. The smallest absolute Gasteiger partial charge is 0.410 e. The number of carbonyl (C=O) groups excluding carboxylic acids is 1. The van der Waals surface area contributed by atoms with E-state index in [1.807, 2.05) is 25.7 Å². The van der Waals surface area contributed by atoms with Crippen LogP contribution in [0.3, 0.4) is 0 Å². The minimum Gasteiger partial charge on any atom is -0.444 e. The Labute approximate surface area is 188 Å². The van der Waals surface area contributed by atoms with Crippen molar-refractivity contribution >= 4 is 36.0 Å². The molecule has 7 nitrogen and oxygen atoms in total. The fraction of sp³-hybridized carbons (Fsp3) is 0.900. The molecular weight excluding hydrogens is 469 g/mol. The van der Waals surface area contributed by atoms with E-state index in [-0.39, 0.29) is 30.1 Å². The van der Waals surface area contributed by atoms with Gasteiger partial charge in [0.15, 0.2) is 5.96 Å². The molecule has 1 saturated heterocycles. The predicted molar refractivity (Wildman–Crippen MR) is 126 cm³/mol. The van der Waals surface area contributed by atoms with Crippen LogP contribution in [0.2, 0.25) is 0 Å². The van der Waals surface area contributed by atoms with Crippen LogP contribution in [0.25, 0.3) is 0 Å². The Bertz CT molecular complexity index is 497. The van der Waals surface area contributed by atoms with Crippen molar-refractivity contribution in [1.82, 2.24) is 20.4 Å². The Kier molecular flexibility index (Phi) is 10.9. The average molecular weight is 509 g/mol. The molecule has 28 heavy (non-hydrogen) atoms. The number of halogens is 1. The van der Waals surface area contributed by atoms with Crippen LogP contribution in [0.4, 0.5) is 4.79 Å². The number of aliphatic imine (C=N–C) groups is 1. The molecule has 2 fully saturated rings. The zero-order valence-electron chi connectivity index (χ0n) is 18.3. The van der Waals surface area contributed by atoms with Crippen molar-refractivity contribution in [2.75, 3.05) is 39.8 Å². The highest BCUT2D eigenvalue weighted by Gasteiger charge is 2.34. The summed E-state index contributed by atoms with van der Waals surface area (Å²) in [4.78, 5) is 21.1.